The molecule has 2 unspecified atom stereocenters. The lowest BCUT2D eigenvalue weighted by atomic mass is 9.95. The monoisotopic (exact) mass is 252 g/mol. The minimum Gasteiger partial charge on any atom is -0.364 e. The van der Waals surface area contributed by atoms with Crippen LogP contribution in [-0.4, -0.2) is 36.7 Å². The van der Waals surface area contributed by atoms with Gasteiger partial charge in [-0.15, -0.1) is 26.4 Å². The van der Waals surface area contributed by atoms with Crippen LogP contribution in [0.15, 0.2) is 12.1 Å². The summed E-state index contributed by atoms with van der Waals surface area (Å²) in [6, 6.07) is 4.00. The van der Waals surface area contributed by atoms with E-state index in [0.717, 1.165) is 18.7 Å². The summed E-state index contributed by atoms with van der Waals surface area (Å²) in [6.45, 7) is 0. The third kappa shape index (κ3) is 2.17. The Morgan fingerprint density at radius 3 is 3.06 bits per heavy atom. The second-order valence-electron chi connectivity index (χ2n) is 4.30. The maximum Gasteiger partial charge on any atom is 0.200 e. The summed E-state index contributed by atoms with van der Waals surface area (Å²) in [5, 5.41) is 18.9. The fourth-order valence-electron chi connectivity index (χ4n) is 2.16. The quantitative estimate of drug-likeness (QED) is 0.820. The molecule has 1 fully saturated rings. The van der Waals surface area contributed by atoms with Crippen LogP contribution in [0.4, 0.5) is 5.82 Å². The van der Waals surface area contributed by atoms with Crippen LogP contribution in [0.25, 0.3) is 5.65 Å². The second-order valence-corrected chi connectivity index (χ2v) is 4.86. The molecule has 17 heavy (non-hydrogen) atoms. The van der Waals surface area contributed by atoms with Crippen LogP contribution in [0.2, 0.25) is 0 Å². The van der Waals surface area contributed by atoms with Crippen molar-refractivity contribution in [3.63, 3.8) is 0 Å². The van der Waals surface area contributed by atoms with Crippen LogP contribution in [0, 0.1) is 0 Å². The summed E-state index contributed by atoms with van der Waals surface area (Å²) >= 11 is 6.29. The highest BCUT2D eigenvalue weighted by atomic mass is 35.5. The molecule has 1 saturated carbocycles. The van der Waals surface area contributed by atoms with E-state index in [2.05, 4.69) is 25.9 Å². The molecular formula is C10H13ClN6. The van der Waals surface area contributed by atoms with Gasteiger partial charge >= 0.3 is 0 Å². The molecule has 0 saturated heterocycles. The molecule has 0 radical (unpaired) electrons. The second kappa shape index (κ2) is 4.44. The number of hydrogen-bond donors (Lipinski definition) is 1. The predicted molar refractivity (Wildman–Crippen MR) is 64.1 cm³/mol. The van der Waals surface area contributed by atoms with E-state index < -0.39 is 0 Å². The summed E-state index contributed by atoms with van der Waals surface area (Å²) in [5.41, 5.74) is 0.640. The van der Waals surface area contributed by atoms with Crippen molar-refractivity contribution in [1.29, 1.82) is 0 Å². The van der Waals surface area contributed by atoms with Gasteiger partial charge in [0.1, 0.15) is 5.82 Å². The molecule has 1 N–H and O–H groups in total. The molecule has 1 aliphatic carbocycles. The average Bonchev–Trinajstić information content (AvgIpc) is 2.79. The molecule has 2 aromatic heterocycles. The van der Waals surface area contributed by atoms with Crippen LogP contribution in [0.5, 0.6) is 0 Å². The normalized spacial score (nSPS) is 25.0. The summed E-state index contributed by atoms with van der Waals surface area (Å²) in [4.78, 5) is 0. The number of nitrogens with one attached hydrogen (secondary N) is 1. The van der Waals surface area contributed by atoms with Gasteiger partial charge in [0.25, 0.3) is 0 Å². The van der Waals surface area contributed by atoms with Gasteiger partial charge in [-0.1, -0.05) is 12.8 Å². The van der Waals surface area contributed by atoms with Crippen LogP contribution in [-0.2, 0) is 0 Å². The van der Waals surface area contributed by atoms with Gasteiger partial charge in [-0.05, 0) is 35.4 Å². The first-order valence-corrected chi connectivity index (χ1v) is 6.22. The van der Waals surface area contributed by atoms with Gasteiger partial charge in [0.2, 0.25) is 0 Å². The molecule has 0 spiro atoms. The Balaban J connectivity index is 1.79. The molecule has 90 valence electrons. The van der Waals surface area contributed by atoms with E-state index in [1.165, 1.54) is 17.5 Å². The molecular weight excluding hydrogens is 240 g/mol. The molecule has 2 heterocycles. The Morgan fingerprint density at radius 1 is 1.29 bits per heavy atom. The Kier molecular flexibility index (Phi) is 2.80. The first-order chi connectivity index (χ1) is 8.33. The standard InChI is InChI=1S/C10H13ClN6/c11-7-3-1-2-4-8(7)12-9-5-6-10-13-15-16-17(10)14-9/h5-8H,1-4H2,(H,12,14). The third-order valence-corrected chi connectivity index (χ3v) is 3.61. The number of nitrogens with zero attached hydrogens (tertiary/aromatic N) is 5. The van der Waals surface area contributed by atoms with Gasteiger partial charge in [0, 0.05) is 6.04 Å². The van der Waals surface area contributed by atoms with Crippen molar-refractivity contribution in [2.24, 2.45) is 0 Å². The summed E-state index contributed by atoms with van der Waals surface area (Å²) in [6.07, 6.45) is 4.58. The van der Waals surface area contributed by atoms with E-state index in [-0.39, 0.29) is 11.4 Å². The number of fused-ring (bicyclic) bond motifs is 1. The number of hydrogen-bond acceptors (Lipinski definition) is 5. The smallest absolute Gasteiger partial charge is 0.200 e. The topological polar surface area (TPSA) is 68.0 Å². The van der Waals surface area contributed by atoms with Crippen LogP contribution < -0.4 is 5.32 Å². The summed E-state index contributed by atoms with van der Waals surface area (Å²) in [7, 11) is 0. The largest absolute Gasteiger partial charge is 0.364 e. The van der Waals surface area contributed by atoms with Crippen molar-refractivity contribution in [2.45, 2.75) is 37.1 Å². The highest BCUT2D eigenvalue weighted by Gasteiger charge is 2.23. The Labute approximate surface area is 103 Å². The molecule has 1 aliphatic rings. The third-order valence-electron chi connectivity index (χ3n) is 3.08. The van der Waals surface area contributed by atoms with Crippen LogP contribution in [0.3, 0.4) is 0 Å². The summed E-state index contributed by atoms with van der Waals surface area (Å²) < 4.78 is 1.41. The minimum absolute atomic E-state index is 0.176. The Hall–Kier alpha value is -1.43. The molecule has 0 amide bonds. The van der Waals surface area contributed by atoms with Crippen molar-refractivity contribution >= 4 is 23.1 Å². The highest BCUT2D eigenvalue weighted by Crippen LogP contribution is 2.25. The van der Waals surface area contributed by atoms with E-state index in [4.69, 9.17) is 11.6 Å². The number of aromatic nitrogens is 5. The Morgan fingerprint density at radius 2 is 2.18 bits per heavy atom. The molecule has 2 atom stereocenters. The van der Waals surface area contributed by atoms with E-state index in [1.54, 1.807) is 0 Å². The molecule has 6 nitrogen and oxygen atoms in total. The number of tetrazole rings is 1. The molecule has 3 rings (SSSR count). The zero-order valence-electron chi connectivity index (χ0n) is 9.25. The highest BCUT2D eigenvalue weighted by molar-refractivity contribution is 6.21. The molecule has 0 aromatic carbocycles. The maximum atomic E-state index is 6.29. The van der Waals surface area contributed by atoms with Gasteiger partial charge in [0.05, 0.1) is 5.38 Å². The van der Waals surface area contributed by atoms with E-state index in [1.807, 2.05) is 12.1 Å². The first-order valence-electron chi connectivity index (χ1n) is 5.79. The molecule has 2 aromatic rings. The maximum absolute atomic E-state index is 6.29. The summed E-state index contributed by atoms with van der Waals surface area (Å²) in [5.74, 6) is 0.766. The zero-order valence-corrected chi connectivity index (χ0v) is 10.0. The lowest BCUT2D eigenvalue weighted by Gasteiger charge is -2.28. The van der Waals surface area contributed by atoms with Crippen molar-refractivity contribution in [3.05, 3.63) is 12.1 Å². The minimum atomic E-state index is 0.176. The molecule has 0 aliphatic heterocycles. The first kappa shape index (κ1) is 10.7. The van der Waals surface area contributed by atoms with Gasteiger partial charge in [-0.25, -0.2) is 0 Å². The van der Waals surface area contributed by atoms with Crippen LogP contribution in [0.1, 0.15) is 25.7 Å². The zero-order chi connectivity index (χ0) is 11.7. The number of rotatable bonds is 2. The lowest BCUT2D eigenvalue weighted by molar-refractivity contribution is 0.468. The number of anilines is 1. The van der Waals surface area contributed by atoms with E-state index >= 15 is 0 Å². The Bertz CT molecular complexity index is 512. The SMILES string of the molecule is ClC1CCCCC1Nc1ccc2nnnn2n1. The van der Waals surface area contributed by atoms with Gasteiger partial charge in [-0.2, -0.15) is 0 Å². The average molecular weight is 253 g/mol. The van der Waals surface area contributed by atoms with Gasteiger partial charge in [-0.3, -0.25) is 0 Å². The molecule has 7 heteroatoms. The number of halogens is 1. The van der Waals surface area contributed by atoms with Crippen molar-refractivity contribution in [3.8, 4) is 0 Å². The predicted octanol–water partition coefficient (Wildman–Crippen LogP) is 1.48. The van der Waals surface area contributed by atoms with Crippen molar-refractivity contribution in [1.82, 2.24) is 25.3 Å². The fourth-order valence-corrected chi connectivity index (χ4v) is 2.51. The van der Waals surface area contributed by atoms with Crippen molar-refractivity contribution < 1.29 is 0 Å². The van der Waals surface area contributed by atoms with Gasteiger partial charge < -0.3 is 5.32 Å². The van der Waals surface area contributed by atoms with Gasteiger partial charge in [0.15, 0.2) is 5.65 Å². The van der Waals surface area contributed by atoms with Crippen molar-refractivity contribution in [2.75, 3.05) is 5.32 Å². The lowest BCUT2D eigenvalue weighted by Crippen LogP contribution is -2.33. The van der Waals surface area contributed by atoms with E-state index in [9.17, 15) is 0 Å². The number of alkyl halides is 1. The van der Waals surface area contributed by atoms with Crippen LogP contribution >= 0.6 is 11.6 Å². The van der Waals surface area contributed by atoms with E-state index in [0.29, 0.717) is 5.65 Å². The fraction of sp³-hybridized carbons (Fsp3) is 0.600. The molecule has 0 bridgehead atoms.